The van der Waals surface area contributed by atoms with Gasteiger partial charge in [0.1, 0.15) is 0 Å². The van der Waals surface area contributed by atoms with Crippen LogP contribution in [0.3, 0.4) is 0 Å². The topological polar surface area (TPSA) is 61.4 Å². The quantitative estimate of drug-likeness (QED) is 0.810. The first-order valence-corrected chi connectivity index (χ1v) is 9.65. The lowest BCUT2D eigenvalue weighted by atomic mass is 10.0. The van der Waals surface area contributed by atoms with Crippen LogP contribution in [0.5, 0.6) is 0 Å². The second-order valence-corrected chi connectivity index (χ2v) is 8.20. The van der Waals surface area contributed by atoms with Crippen molar-refractivity contribution in [2.24, 2.45) is 0 Å². The number of sulfonamides is 1. The summed E-state index contributed by atoms with van der Waals surface area (Å²) in [6.45, 7) is 5.22. The summed E-state index contributed by atoms with van der Waals surface area (Å²) in [5.41, 5.74) is 0. The Balaban J connectivity index is 1.83. The van der Waals surface area contributed by atoms with E-state index >= 15 is 0 Å². The fraction of sp³-hybridized carbons (Fsp3) is 1.00. The first-order valence-electron chi connectivity index (χ1n) is 8.00. The minimum Gasteiger partial charge on any atom is -0.314 e. The van der Waals surface area contributed by atoms with Gasteiger partial charge in [-0.2, -0.15) is 0 Å². The molecule has 0 radical (unpaired) electrons. The molecule has 2 heterocycles. The Morgan fingerprint density at radius 1 is 1.10 bits per heavy atom. The molecule has 2 aliphatic rings. The monoisotopic (exact) mass is 303 g/mol. The van der Waals surface area contributed by atoms with E-state index in [9.17, 15) is 8.42 Å². The molecule has 3 atom stereocenters. The molecule has 2 saturated heterocycles. The molecule has 20 heavy (non-hydrogen) atoms. The van der Waals surface area contributed by atoms with Gasteiger partial charge in [0.2, 0.25) is 10.0 Å². The van der Waals surface area contributed by atoms with Crippen LogP contribution in [0.4, 0.5) is 0 Å². The van der Waals surface area contributed by atoms with E-state index in [1.807, 2.05) is 5.01 Å². The van der Waals surface area contributed by atoms with Gasteiger partial charge in [-0.3, -0.25) is 0 Å². The summed E-state index contributed by atoms with van der Waals surface area (Å²) in [7, 11) is -3.21. The maximum absolute atomic E-state index is 12.3. The molecule has 2 aliphatic heterocycles. The fourth-order valence-corrected chi connectivity index (χ4v) is 4.64. The second kappa shape index (κ2) is 7.20. The van der Waals surface area contributed by atoms with Crippen molar-refractivity contribution in [2.45, 2.75) is 76.9 Å². The standard InChI is InChI=1S/C14H29N3O2S/c1-12-6-5-7-13(2)17(12)16-20(18,19)11-9-14-8-3-4-10-15-14/h12-16H,3-11H2,1-2H3. The summed E-state index contributed by atoms with van der Waals surface area (Å²) >= 11 is 0. The predicted octanol–water partition coefficient (Wildman–Crippen LogP) is 1.62. The zero-order valence-electron chi connectivity index (χ0n) is 12.8. The van der Waals surface area contributed by atoms with Crippen LogP contribution in [0.15, 0.2) is 0 Å². The summed E-state index contributed by atoms with van der Waals surface area (Å²) in [5, 5.41) is 5.34. The third-order valence-corrected chi connectivity index (χ3v) is 5.85. The first-order chi connectivity index (χ1) is 9.48. The Bertz CT molecular complexity index is 383. The molecule has 0 aromatic heterocycles. The van der Waals surface area contributed by atoms with Crippen LogP contribution in [0, 0.1) is 0 Å². The van der Waals surface area contributed by atoms with Crippen LogP contribution in [-0.2, 0) is 10.0 Å². The third-order valence-electron chi connectivity index (χ3n) is 4.59. The number of nitrogens with zero attached hydrogens (tertiary/aromatic N) is 1. The maximum Gasteiger partial charge on any atom is 0.224 e. The van der Waals surface area contributed by atoms with Crippen LogP contribution in [0.25, 0.3) is 0 Å². The van der Waals surface area contributed by atoms with E-state index in [0.717, 1.165) is 25.8 Å². The SMILES string of the molecule is CC1CCCC(C)N1NS(=O)(=O)CCC1CCCCN1. The molecular weight excluding hydrogens is 274 g/mol. The van der Waals surface area contributed by atoms with E-state index in [1.54, 1.807) is 0 Å². The van der Waals surface area contributed by atoms with Crippen LogP contribution < -0.4 is 10.1 Å². The molecule has 2 rings (SSSR count). The van der Waals surface area contributed by atoms with Gasteiger partial charge in [-0.15, -0.1) is 4.83 Å². The lowest BCUT2D eigenvalue weighted by Crippen LogP contribution is -2.54. The van der Waals surface area contributed by atoms with E-state index < -0.39 is 10.0 Å². The van der Waals surface area contributed by atoms with Crippen molar-refractivity contribution in [3.05, 3.63) is 0 Å². The van der Waals surface area contributed by atoms with Crippen LogP contribution >= 0.6 is 0 Å². The number of hydrogen-bond donors (Lipinski definition) is 2. The van der Waals surface area contributed by atoms with E-state index in [2.05, 4.69) is 24.0 Å². The molecular formula is C14H29N3O2S. The Hall–Kier alpha value is -0.170. The molecule has 0 saturated carbocycles. The lowest BCUT2D eigenvalue weighted by Gasteiger charge is -2.38. The molecule has 2 fully saturated rings. The molecule has 3 unspecified atom stereocenters. The van der Waals surface area contributed by atoms with Gasteiger partial charge in [0.05, 0.1) is 5.75 Å². The Labute approximate surface area is 123 Å². The molecule has 6 heteroatoms. The van der Waals surface area contributed by atoms with Gasteiger partial charge in [-0.05, 0) is 52.5 Å². The Morgan fingerprint density at radius 3 is 2.40 bits per heavy atom. The second-order valence-electron chi connectivity index (χ2n) is 6.38. The number of piperidine rings is 2. The van der Waals surface area contributed by atoms with Crippen LogP contribution in [0.1, 0.15) is 58.8 Å². The molecule has 0 spiro atoms. The highest BCUT2D eigenvalue weighted by Gasteiger charge is 2.28. The van der Waals surface area contributed by atoms with Gasteiger partial charge in [0.15, 0.2) is 0 Å². The summed E-state index contributed by atoms with van der Waals surface area (Å²) < 4.78 is 24.5. The predicted molar refractivity (Wildman–Crippen MR) is 81.8 cm³/mol. The van der Waals surface area contributed by atoms with Gasteiger partial charge in [0.25, 0.3) is 0 Å². The molecule has 0 aromatic rings. The smallest absolute Gasteiger partial charge is 0.224 e. The summed E-state index contributed by atoms with van der Waals surface area (Å²) in [5.74, 6) is 0.223. The van der Waals surface area contributed by atoms with Crippen molar-refractivity contribution in [1.82, 2.24) is 15.2 Å². The van der Waals surface area contributed by atoms with Crippen molar-refractivity contribution in [2.75, 3.05) is 12.3 Å². The van der Waals surface area contributed by atoms with E-state index in [1.165, 1.54) is 19.3 Å². The maximum atomic E-state index is 12.3. The Morgan fingerprint density at radius 2 is 1.80 bits per heavy atom. The molecule has 2 N–H and O–H groups in total. The number of rotatable bonds is 5. The molecule has 118 valence electrons. The van der Waals surface area contributed by atoms with Gasteiger partial charge in [0, 0.05) is 18.1 Å². The highest BCUT2D eigenvalue weighted by atomic mass is 32.2. The van der Waals surface area contributed by atoms with Gasteiger partial charge in [-0.25, -0.2) is 13.4 Å². The van der Waals surface area contributed by atoms with Gasteiger partial charge < -0.3 is 5.32 Å². The van der Waals surface area contributed by atoms with Gasteiger partial charge in [-0.1, -0.05) is 12.8 Å². The highest BCUT2D eigenvalue weighted by molar-refractivity contribution is 7.89. The van der Waals surface area contributed by atoms with Crippen molar-refractivity contribution in [3.8, 4) is 0 Å². The normalized spacial score (nSPS) is 33.2. The van der Waals surface area contributed by atoms with E-state index in [-0.39, 0.29) is 5.75 Å². The third kappa shape index (κ3) is 4.69. The minimum absolute atomic E-state index is 0.223. The van der Waals surface area contributed by atoms with E-state index in [0.29, 0.717) is 24.5 Å². The fourth-order valence-electron chi connectivity index (χ4n) is 3.28. The number of hydrazine groups is 1. The molecule has 0 bridgehead atoms. The summed E-state index contributed by atoms with van der Waals surface area (Å²) in [6, 6.07) is 0.958. The van der Waals surface area contributed by atoms with Gasteiger partial charge >= 0.3 is 0 Å². The van der Waals surface area contributed by atoms with Crippen molar-refractivity contribution < 1.29 is 8.42 Å². The van der Waals surface area contributed by atoms with Crippen LogP contribution in [-0.4, -0.2) is 43.8 Å². The average molecular weight is 303 g/mol. The van der Waals surface area contributed by atoms with Crippen LogP contribution in [0.2, 0.25) is 0 Å². The summed E-state index contributed by atoms with van der Waals surface area (Å²) in [4.78, 5) is 2.81. The molecule has 5 nitrogen and oxygen atoms in total. The highest BCUT2D eigenvalue weighted by Crippen LogP contribution is 2.21. The average Bonchev–Trinajstić information content (AvgIpc) is 2.42. The van der Waals surface area contributed by atoms with Crippen molar-refractivity contribution >= 4 is 10.0 Å². The van der Waals surface area contributed by atoms with E-state index in [4.69, 9.17) is 0 Å². The summed E-state index contributed by atoms with van der Waals surface area (Å²) in [6.07, 6.45) is 7.56. The Kier molecular flexibility index (Phi) is 5.84. The molecule has 0 amide bonds. The first kappa shape index (κ1) is 16.2. The minimum atomic E-state index is -3.21. The lowest BCUT2D eigenvalue weighted by molar-refractivity contribution is 0.0790. The zero-order valence-corrected chi connectivity index (χ0v) is 13.6. The van der Waals surface area contributed by atoms with Crippen molar-refractivity contribution in [1.29, 1.82) is 0 Å². The molecule has 0 aromatic carbocycles. The van der Waals surface area contributed by atoms with Crippen molar-refractivity contribution in [3.63, 3.8) is 0 Å². The number of nitrogens with one attached hydrogen (secondary N) is 2. The zero-order chi connectivity index (χ0) is 14.6. The molecule has 0 aliphatic carbocycles. The largest absolute Gasteiger partial charge is 0.314 e. The number of hydrogen-bond acceptors (Lipinski definition) is 4.